The molecule has 0 aliphatic heterocycles. The summed E-state index contributed by atoms with van der Waals surface area (Å²) in [6.45, 7) is 4.76. The molecule has 0 rings (SSSR count). The molecule has 0 saturated heterocycles. The van der Waals surface area contributed by atoms with Crippen LogP contribution < -0.4 is 10.5 Å². The molecular weight excluding hydrogens is 230 g/mol. The Morgan fingerprint density at radius 2 is 2.00 bits per heavy atom. The van der Waals surface area contributed by atoms with Crippen LogP contribution in [0.4, 0.5) is 0 Å². The third-order valence-corrected chi connectivity index (χ3v) is 3.83. The fraction of sp³-hybridized carbons (Fsp3) is 1.00. The van der Waals surface area contributed by atoms with Crippen molar-refractivity contribution in [1.29, 1.82) is 0 Å². The van der Waals surface area contributed by atoms with Crippen molar-refractivity contribution in [3.8, 4) is 0 Å². The Bertz CT molecular complexity index is 290. The summed E-state index contributed by atoms with van der Waals surface area (Å²) < 4.78 is 32.3. The maximum Gasteiger partial charge on any atom is 0.279 e. The molecule has 0 radical (unpaired) electrons. The van der Waals surface area contributed by atoms with Crippen molar-refractivity contribution in [2.24, 2.45) is 5.73 Å². The molecule has 0 aliphatic carbocycles. The van der Waals surface area contributed by atoms with Crippen molar-refractivity contribution in [1.82, 2.24) is 9.03 Å². The Hall–Kier alpha value is -0.210. The van der Waals surface area contributed by atoms with Crippen LogP contribution in [0.1, 0.15) is 20.3 Å². The van der Waals surface area contributed by atoms with E-state index in [-0.39, 0.29) is 6.54 Å². The van der Waals surface area contributed by atoms with Crippen LogP contribution in [0, 0.1) is 0 Å². The molecule has 0 aliphatic rings. The van der Waals surface area contributed by atoms with Gasteiger partial charge in [0.2, 0.25) is 0 Å². The number of rotatable bonds is 8. The zero-order chi connectivity index (χ0) is 12.8. The van der Waals surface area contributed by atoms with Gasteiger partial charge in [0.25, 0.3) is 10.2 Å². The second-order valence-electron chi connectivity index (χ2n) is 4.25. The fourth-order valence-electron chi connectivity index (χ4n) is 0.881. The number of nitrogens with one attached hydrogen (secondary N) is 1. The number of nitrogens with zero attached hydrogens (tertiary/aromatic N) is 1. The molecular formula is C9H23N3O3S. The summed E-state index contributed by atoms with van der Waals surface area (Å²) in [4.78, 5) is 0. The van der Waals surface area contributed by atoms with Crippen LogP contribution in [0.25, 0.3) is 0 Å². The van der Waals surface area contributed by atoms with Crippen molar-refractivity contribution in [3.05, 3.63) is 0 Å². The smallest absolute Gasteiger partial charge is 0.279 e. The summed E-state index contributed by atoms with van der Waals surface area (Å²) in [5.41, 5.74) is 4.81. The van der Waals surface area contributed by atoms with Gasteiger partial charge in [-0.3, -0.25) is 0 Å². The number of nitrogens with two attached hydrogens (primary N) is 1. The van der Waals surface area contributed by atoms with Crippen molar-refractivity contribution in [2.45, 2.75) is 25.9 Å². The summed E-state index contributed by atoms with van der Waals surface area (Å²) in [6, 6.07) is 0. The first-order valence-corrected chi connectivity index (χ1v) is 6.65. The third-order valence-electron chi connectivity index (χ3n) is 2.32. The zero-order valence-electron chi connectivity index (χ0n) is 10.5. The first kappa shape index (κ1) is 15.8. The van der Waals surface area contributed by atoms with Crippen LogP contribution in [0.2, 0.25) is 0 Å². The zero-order valence-corrected chi connectivity index (χ0v) is 11.3. The summed E-state index contributed by atoms with van der Waals surface area (Å²) in [7, 11) is -0.354. The van der Waals surface area contributed by atoms with E-state index in [4.69, 9.17) is 10.5 Å². The third kappa shape index (κ3) is 5.76. The molecule has 0 fully saturated rings. The van der Waals surface area contributed by atoms with E-state index >= 15 is 0 Å². The van der Waals surface area contributed by atoms with Gasteiger partial charge in [-0.25, -0.2) is 0 Å². The Morgan fingerprint density at radius 1 is 1.44 bits per heavy atom. The highest BCUT2D eigenvalue weighted by Crippen LogP contribution is 2.06. The van der Waals surface area contributed by atoms with Crippen LogP contribution in [0.5, 0.6) is 0 Å². The molecule has 98 valence electrons. The average Bonchev–Trinajstić information content (AvgIpc) is 2.23. The summed E-state index contributed by atoms with van der Waals surface area (Å²) in [5.74, 6) is 0. The van der Waals surface area contributed by atoms with E-state index in [2.05, 4.69) is 4.72 Å². The summed E-state index contributed by atoms with van der Waals surface area (Å²) in [5, 5.41) is 0. The highest BCUT2D eigenvalue weighted by Gasteiger charge is 2.22. The minimum Gasteiger partial charge on any atom is -0.377 e. The molecule has 0 bridgehead atoms. The quantitative estimate of drug-likeness (QED) is 0.612. The van der Waals surface area contributed by atoms with Gasteiger partial charge in [0.15, 0.2) is 0 Å². The van der Waals surface area contributed by atoms with Crippen molar-refractivity contribution < 1.29 is 13.2 Å². The lowest BCUT2D eigenvalue weighted by Crippen LogP contribution is -2.45. The van der Waals surface area contributed by atoms with Crippen LogP contribution >= 0.6 is 0 Å². The lowest BCUT2D eigenvalue weighted by Gasteiger charge is -2.25. The van der Waals surface area contributed by atoms with Gasteiger partial charge < -0.3 is 10.5 Å². The van der Waals surface area contributed by atoms with Gasteiger partial charge in [-0.1, -0.05) is 0 Å². The van der Waals surface area contributed by atoms with E-state index in [1.54, 1.807) is 7.11 Å². The average molecular weight is 253 g/mol. The monoisotopic (exact) mass is 253 g/mol. The van der Waals surface area contributed by atoms with E-state index in [1.165, 1.54) is 11.4 Å². The molecule has 0 heterocycles. The predicted octanol–water partition coefficient (Wildman–Crippen LogP) is -0.474. The van der Waals surface area contributed by atoms with Gasteiger partial charge in [-0.05, 0) is 26.8 Å². The SMILES string of the molecule is COC(C)(C)CNS(=O)(=O)N(C)CCCN. The lowest BCUT2D eigenvalue weighted by atomic mass is 10.1. The fourth-order valence-corrected chi connectivity index (χ4v) is 2.00. The van der Waals surface area contributed by atoms with E-state index in [9.17, 15) is 8.42 Å². The Morgan fingerprint density at radius 3 is 2.44 bits per heavy atom. The van der Waals surface area contributed by atoms with Gasteiger partial charge in [-0.2, -0.15) is 17.4 Å². The minimum atomic E-state index is -3.43. The van der Waals surface area contributed by atoms with E-state index in [0.29, 0.717) is 19.5 Å². The molecule has 6 nitrogen and oxygen atoms in total. The Kier molecular flexibility index (Phi) is 6.42. The normalized spacial score (nSPS) is 13.4. The van der Waals surface area contributed by atoms with Crippen LogP contribution in [0.15, 0.2) is 0 Å². The van der Waals surface area contributed by atoms with Gasteiger partial charge in [0.05, 0.1) is 5.60 Å². The lowest BCUT2D eigenvalue weighted by molar-refractivity contribution is 0.0273. The van der Waals surface area contributed by atoms with Crippen molar-refractivity contribution in [2.75, 3.05) is 33.8 Å². The van der Waals surface area contributed by atoms with Crippen molar-refractivity contribution in [3.63, 3.8) is 0 Å². The van der Waals surface area contributed by atoms with Gasteiger partial charge in [-0.15, -0.1) is 0 Å². The number of hydrogen-bond acceptors (Lipinski definition) is 4. The molecule has 0 aromatic carbocycles. The molecule has 0 saturated carbocycles. The molecule has 7 heteroatoms. The maximum absolute atomic E-state index is 11.7. The largest absolute Gasteiger partial charge is 0.377 e. The van der Waals surface area contributed by atoms with Crippen LogP contribution in [-0.4, -0.2) is 52.1 Å². The van der Waals surface area contributed by atoms with Gasteiger partial charge in [0, 0.05) is 27.2 Å². The number of methoxy groups -OCH3 is 1. The first-order chi connectivity index (χ1) is 7.25. The first-order valence-electron chi connectivity index (χ1n) is 5.21. The van der Waals surface area contributed by atoms with Crippen molar-refractivity contribution >= 4 is 10.2 Å². The van der Waals surface area contributed by atoms with E-state index in [0.717, 1.165) is 0 Å². The molecule has 0 amide bonds. The van der Waals surface area contributed by atoms with E-state index < -0.39 is 15.8 Å². The topological polar surface area (TPSA) is 84.7 Å². The standard InChI is InChI=1S/C9H23N3O3S/c1-9(2,15-4)8-11-16(13,14)12(3)7-5-6-10/h11H,5-8,10H2,1-4H3. The molecule has 0 aromatic heterocycles. The maximum atomic E-state index is 11.7. The molecule has 0 spiro atoms. The minimum absolute atomic E-state index is 0.235. The van der Waals surface area contributed by atoms with E-state index in [1.807, 2.05) is 13.8 Å². The summed E-state index contributed by atoms with van der Waals surface area (Å²) >= 11 is 0. The second-order valence-corrected chi connectivity index (χ2v) is 6.12. The second kappa shape index (κ2) is 6.51. The molecule has 0 unspecified atom stereocenters. The van der Waals surface area contributed by atoms with Gasteiger partial charge in [0.1, 0.15) is 0 Å². The molecule has 3 N–H and O–H groups in total. The molecule has 0 aromatic rings. The molecule has 16 heavy (non-hydrogen) atoms. The van der Waals surface area contributed by atoms with Crippen LogP contribution in [0.3, 0.4) is 0 Å². The molecule has 0 atom stereocenters. The highest BCUT2D eigenvalue weighted by molar-refractivity contribution is 7.87. The number of hydrogen-bond donors (Lipinski definition) is 2. The van der Waals surface area contributed by atoms with Crippen LogP contribution in [-0.2, 0) is 14.9 Å². The Balaban J connectivity index is 4.24. The number of ether oxygens (including phenoxy) is 1. The summed E-state index contributed by atoms with van der Waals surface area (Å²) in [6.07, 6.45) is 0.644. The Labute approximate surface area is 98.3 Å². The van der Waals surface area contributed by atoms with Gasteiger partial charge >= 0.3 is 0 Å². The highest BCUT2D eigenvalue weighted by atomic mass is 32.2. The predicted molar refractivity (Wildman–Crippen MR) is 64.3 cm³/mol.